The van der Waals surface area contributed by atoms with Crippen LogP contribution in [0.4, 0.5) is 0 Å². The summed E-state index contributed by atoms with van der Waals surface area (Å²) in [6, 6.07) is 7.00. The molecule has 2 aromatic rings. The summed E-state index contributed by atoms with van der Waals surface area (Å²) in [4.78, 5) is 21.5. The van der Waals surface area contributed by atoms with Crippen molar-refractivity contribution in [2.75, 3.05) is 33.3 Å². The molecule has 0 unspecified atom stereocenters. The number of carbonyl (C=O) groups excluding carboxylic acids is 1. The van der Waals surface area contributed by atoms with Crippen molar-refractivity contribution < 1.29 is 14.1 Å². The zero-order valence-corrected chi connectivity index (χ0v) is 16.9. The fourth-order valence-electron chi connectivity index (χ4n) is 3.74. The third kappa shape index (κ3) is 3.92. The number of rotatable bonds is 6. The SMILES string of the molecule is COC(=O)[C@@H](c1ccccc1Cl)N1CCN([C@H](C)c2nc(C3CC3)no2)CC1. The maximum absolute atomic E-state index is 12.5. The Morgan fingerprint density at radius 3 is 2.54 bits per heavy atom. The van der Waals surface area contributed by atoms with Crippen molar-refractivity contribution in [3.63, 3.8) is 0 Å². The van der Waals surface area contributed by atoms with Gasteiger partial charge in [-0.25, -0.2) is 4.79 Å². The predicted octanol–water partition coefficient (Wildman–Crippen LogP) is 3.19. The van der Waals surface area contributed by atoms with Crippen molar-refractivity contribution in [2.45, 2.75) is 37.8 Å². The van der Waals surface area contributed by atoms with Crippen molar-refractivity contribution in [3.05, 3.63) is 46.6 Å². The first-order chi connectivity index (χ1) is 13.6. The van der Waals surface area contributed by atoms with Crippen molar-refractivity contribution in [1.82, 2.24) is 19.9 Å². The molecule has 28 heavy (non-hydrogen) atoms. The summed E-state index contributed by atoms with van der Waals surface area (Å²) in [5, 5.41) is 4.70. The van der Waals surface area contributed by atoms with E-state index in [0.717, 1.165) is 50.4 Å². The van der Waals surface area contributed by atoms with Gasteiger partial charge in [-0.15, -0.1) is 0 Å². The van der Waals surface area contributed by atoms with Gasteiger partial charge in [0.15, 0.2) is 5.82 Å². The van der Waals surface area contributed by atoms with Gasteiger partial charge >= 0.3 is 5.97 Å². The fourth-order valence-corrected chi connectivity index (χ4v) is 3.98. The minimum Gasteiger partial charge on any atom is -0.468 e. The lowest BCUT2D eigenvalue weighted by molar-refractivity contribution is -0.148. The number of aromatic nitrogens is 2. The number of nitrogens with zero attached hydrogens (tertiary/aromatic N) is 4. The monoisotopic (exact) mass is 404 g/mol. The summed E-state index contributed by atoms with van der Waals surface area (Å²) in [5.74, 6) is 1.70. The third-order valence-electron chi connectivity index (χ3n) is 5.64. The van der Waals surface area contributed by atoms with E-state index in [2.05, 4.69) is 26.9 Å². The number of hydrogen-bond donors (Lipinski definition) is 0. The van der Waals surface area contributed by atoms with Gasteiger partial charge in [-0.3, -0.25) is 9.80 Å². The normalized spacial score (nSPS) is 20.7. The highest BCUT2D eigenvalue weighted by Crippen LogP contribution is 2.39. The first-order valence-electron chi connectivity index (χ1n) is 9.72. The van der Waals surface area contributed by atoms with Gasteiger partial charge in [-0.2, -0.15) is 4.98 Å². The highest BCUT2D eigenvalue weighted by molar-refractivity contribution is 6.31. The molecule has 1 aromatic heterocycles. The molecule has 0 spiro atoms. The number of halogens is 1. The lowest BCUT2D eigenvalue weighted by atomic mass is 10.0. The van der Waals surface area contributed by atoms with Crippen LogP contribution in [0.2, 0.25) is 5.02 Å². The maximum Gasteiger partial charge on any atom is 0.327 e. The summed E-state index contributed by atoms with van der Waals surface area (Å²) in [7, 11) is 1.41. The predicted molar refractivity (Wildman–Crippen MR) is 104 cm³/mol. The molecule has 2 aliphatic rings. The number of hydrogen-bond acceptors (Lipinski definition) is 7. The van der Waals surface area contributed by atoms with E-state index in [4.69, 9.17) is 20.9 Å². The van der Waals surface area contributed by atoms with Crippen molar-refractivity contribution in [1.29, 1.82) is 0 Å². The van der Waals surface area contributed by atoms with Gasteiger partial charge in [-0.1, -0.05) is 35.0 Å². The Kier molecular flexibility index (Phi) is 5.66. The van der Waals surface area contributed by atoms with E-state index in [-0.39, 0.29) is 12.0 Å². The average Bonchev–Trinajstić information content (AvgIpc) is 3.46. The highest BCUT2D eigenvalue weighted by atomic mass is 35.5. The molecule has 0 bridgehead atoms. The lowest BCUT2D eigenvalue weighted by Gasteiger charge is -2.39. The molecule has 2 fully saturated rings. The Labute approximate surface area is 169 Å². The Hall–Kier alpha value is -1.96. The van der Waals surface area contributed by atoms with Gasteiger partial charge in [0.05, 0.1) is 13.2 Å². The second kappa shape index (κ2) is 8.19. The van der Waals surface area contributed by atoms with Crippen LogP contribution >= 0.6 is 11.6 Å². The molecule has 2 atom stereocenters. The Morgan fingerprint density at radius 1 is 1.21 bits per heavy atom. The van der Waals surface area contributed by atoms with Gasteiger partial charge in [0, 0.05) is 37.1 Å². The number of carbonyl (C=O) groups is 1. The summed E-state index contributed by atoms with van der Waals surface area (Å²) in [6.07, 6.45) is 2.31. The molecule has 7 nitrogen and oxygen atoms in total. The van der Waals surface area contributed by atoms with E-state index >= 15 is 0 Å². The second-order valence-corrected chi connectivity index (χ2v) is 7.87. The van der Waals surface area contributed by atoms with E-state index in [1.165, 1.54) is 7.11 Å². The molecule has 1 aliphatic heterocycles. The van der Waals surface area contributed by atoms with E-state index < -0.39 is 6.04 Å². The number of esters is 1. The maximum atomic E-state index is 12.5. The van der Waals surface area contributed by atoms with Crippen LogP contribution in [0.25, 0.3) is 0 Å². The molecule has 1 saturated carbocycles. The zero-order valence-electron chi connectivity index (χ0n) is 16.2. The number of benzene rings is 1. The van der Waals surface area contributed by atoms with Crippen molar-refractivity contribution in [3.8, 4) is 0 Å². The Balaban J connectivity index is 1.43. The van der Waals surface area contributed by atoms with Crippen LogP contribution in [0.3, 0.4) is 0 Å². The van der Waals surface area contributed by atoms with Crippen LogP contribution in [0.1, 0.15) is 55.0 Å². The van der Waals surface area contributed by atoms with Crippen LogP contribution in [0, 0.1) is 0 Å². The molecule has 1 aromatic carbocycles. The zero-order chi connectivity index (χ0) is 19.7. The quantitative estimate of drug-likeness (QED) is 0.684. The molecule has 150 valence electrons. The van der Waals surface area contributed by atoms with Crippen molar-refractivity contribution in [2.24, 2.45) is 0 Å². The average molecular weight is 405 g/mol. The van der Waals surface area contributed by atoms with E-state index in [9.17, 15) is 4.79 Å². The van der Waals surface area contributed by atoms with Gasteiger partial charge < -0.3 is 9.26 Å². The van der Waals surface area contributed by atoms with Gasteiger partial charge in [0.1, 0.15) is 6.04 Å². The van der Waals surface area contributed by atoms with Crippen LogP contribution in [0.5, 0.6) is 0 Å². The van der Waals surface area contributed by atoms with E-state index in [0.29, 0.717) is 16.8 Å². The smallest absolute Gasteiger partial charge is 0.327 e. The minimum absolute atomic E-state index is 0.0547. The van der Waals surface area contributed by atoms with Crippen LogP contribution < -0.4 is 0 Å². The lowest BCUT2D eigenvalue weighted by Crippen LogP contribution is -2.50. The minimum atomic E-state index is -0.499. The summed E-state index contributed by atoms with van der Waals surface area (Å²) < 4.78 is 10.6. The van der Waals surface area contributed by atoms with Crippen molar-refractivity contribution >= 4 is 17.6 Å². The highest BCUT2D eigenvalue weighted by Gasteiger charge is 2.35. The molecule has 0 N–H and O–H groups in total. The molecule has 1 saturated heterocycles. The molecule has 4 rings (SSSR count). The molecule has 0 radical (unpaired) electrons. The Morgan fingerprint density at radius 2 is 1.89 bits per heavy atom. The number of methoxy groups -OCH3 is 1. The van der Waals surface area contributed by atoms with Gasteiger partial charge in [0.25, 0.3) is 0 Å². The third-order valence-corrected chi connectivity index (χ3v) is 5.99. The van der Waals surface area contributed by atoms with E-state index in [1.54, 1.807) is 6.07 Å². The Bertz CT molecular complexity index is 830. The first-order valence-corrected chi connectivity index (χ1v) is 10.1. The van der Waals surface area contributed by atoms with Crippen LogP contribution in [-0.2, 0) is 9.53 Å². The second-order valence-electron chi connectivity index (χ2n) is 7.46. The molecule has 0 amide bonds. The largest absolute Gasteiger partial charge is 0.468 e. The molecule has 2 heterocycles. The number of ether oxygens (including phenoxy) is 1. The summed E-state index contributed by atoms with van der Waals surface area (Å²) >= 11 is 6.36. The molecular weight excluding hydrogens is 380 g/mol. The molecule has 1 aliphatic carbocycles. The standard InChI is InChI=1S/C20H25ClN4O3/c1-13(19-22-18(23-28-19)14-7-8-14)24-9-11-25(12-10-24)17(20(26)27-2)15-5-3-4-6-16(15)21/h3-6,13-14,17H,7-12H2,1-2H3/t13-,17-/m1/s1. The topological polar surface area (TPSA) is 71.7 Å². The summed E-state index contributed by atoms with van der Waals surface area (Å²) in [5.41, 5.74) is 0.781. The van der Waals surface area contributed by atoms with Crippen LogP contribution in [-0.4, -0.2) is 59.2 Å². The molecular formula is C20H25ClN4O3. The van der Waals surface area contributed by atoms with Crippen LogP contribution in [0.15, 0.2) is 28.8 Å². The summed E-state index contributed by atoms with van der Waals surface area (Å²) in [6.45, 7) is 5.12. The number of piperazine rings is 1. The van der Waals surface area contributed by atoms with E-state index in [1.807, 2.05) is 18.2 Å². The van der Waals surface area contributed by atoms with Gasteiger partial charge in [0.2, 0.25) is 5.89 Å². The first kappa shape index (κ1) is 19.4. The fraction of sp³-hybridized carbons (Fsp3) is 0.550. The molecule has 8 heteroatoms. The van der Waals surface area contributed by atoms with Gasteiger partial charge in [-0.05, 0) is 31.4 Å².